The molecule has 0 atom stereocenters. The van der Waals surface area contributed by atoms with Crippen molar-refractivity contribution in [3.8, 4) is 11.3 Å². The first-order valence-corrected chi connectivity index (χ1v) is 10.8. The number of hydrogen-bond acceptors (Lipinski definition) is 3. The van der Waals surface area contributed by atoms with Gasteiger partial charge < -0.3 is 10.3 Å². The highest BCUT2D eigenvalue weighted by molar-refractivity contribution is 7.90. The standard InChI is InChI=1S/C20H19ClN4O3S/c21-18-17(20(22)26)16-13-24(29(27,28)23-15-9-5-2-6-10-15)11-12-25(16)19(18)14-7-3-1-4-8-14/h1-10,23H,11-13H2,(H2,22,26). The molecule has 1 amide bonds. The van der Waals surface area contributed by atoms with Gasteiger partial charge in [0, 0.05) is 24.5 Å². The van der Waals surface area contributed by atoms with Crippen molar-refractivity contribution >= 4 is 33.4 Å². The number of nitrogens with zero attached hydrogens (tertiary/aromatic N) is 2. The molecule has 1 aliphatic rings. The minimum absolute atomic E-state index is 0.00695. The number of nitrogens with two attached hydrogens (primary N) is 1. The van der Waals surface area contributed by atoms with Crippen molar-refractivity contribution in [3.63, 3.8) is 0 Å². The maximum absolute atomic E-state index is 12.9. The van der Waals surface area contributed by atoms with Crippen LogP contribution in [0.5, 0.6) is 0 Å². The van der Waals surface area contributed by atoms with Gasteiger partial charge in [0.1, 0.15) is 0 Å². The Morgan fingerprint density at radius 3 is 2.24 bits per heavy atom. The van der Waals surface area contributed by atoms with Gasteiger partial charge in [0.25, 0.3) is 5.91 Å². The molecule has 0 spiro atoms. The molecule has 0 bridgehead atoms. The molecule has 29 heavy (non-hydrogen) atoms. The number of carbonyl (C=O) groups is 1. The Kier molecular flexibility index (Phi) is 5.08. The van der Waals surface area contributed by atoms with Crippen LogP contribution in [0, 0.1) is 0 Å². The first-order valence-electron chi connectivity index (χ1n) is 8.97. The third-order valence-electron chi connectivity index (χ3n) is 4.87. The first-order chi connectivity index (χ1) is 13.9. The summed E-state index contributed by atoms with van der Waals surface area (Å²) in [7, 11) is -3.81. The molecule has 0 saturated carbocycles. The van der Waals surface area contributed by atoms with Crippen LogP contribution in [0.25, 0.3) is 11.3 Å². The van der Waals surface area contributed by atoms with Gasteiger partial charge in [-0.2, -0.15) is 12.7 Å². The van der Waals surface area contributed by atoms with Crippen molar-refractivity contribution < 1.29 is 13.2 Å². The maximum atomic E-state index is 12.9. The number of anilines is 1. The molecule has 0 radical (unpaired) electrons. The van der Waals surface area contributed by atoms with Gasteiger partial charge in [-0.25, -0.2) is 0 Å². The zero-order valence-corrected chi connectivity index (χ0v) is 16.9. The van der Waals surface area contributed by atoms with Crippen LogP contribution in [-0.4, -0.2) is 29.7 Å². The van der Waals surface area contributed by atoms with Crippen molar-refractivity contribution in [3.05, 3.63) is 76.9 Å². The van der Waals surface area contributed by atoms with E-state index < -0.39 is 16.1 Å². The summed E-state index contributed by atoms with van der Waals surface area (Å²) in [4.78, 5) is 12.1. The fourth-order valence-corrected chi connectivity index (χ4v) is 5.15. The number of halogens is 1. The van der Waals surface area contributed by atoms with E-state index in [4.69, 9.17) is 17.3 Å². The zero-order valence-electron chi connectivity index (χ0n) is 15.4. The quantitative estimate of drug-likeness (QED) is 0.650. The molecule has 0 saturated heterocycles. The van der Waals surface area contributed by atoms with E-state index in [0.717, 1.165) is 5.56 Å². The average molecular weight is 431 g/mol. The second kappa shape index (κ2) is 7.55. The Balaban J connectivity index is 1.73. The molecule has 3 N–H and O–H groups in total. The molecule has 2 heterocycles. The molecule has 4 rings (SSSR count). The van der Waals surface area contributed by atoms with Crippen LogP contribution in [0.1, 0.15) is 16.1 Å². The highest BCUT2D eigenvalue weighted by Crippen LogP contribution is 2.38. The van der Waals surface area contributed by atoms with Crippen LogP contribution in [0.2, 0.25) is 5.02 Å². The Morgan fingerprint density at radius 1 is 1.00 bits per heavy atom. The Morgan fingerprint density at radius 2 is 1.62 bits per heavy atom. The van der Waals surface area contributed by atoms with Crippen molar-refractivity contribution in [2.24, 2.45) is 5.73 Å². The fourth-order valence-electron chi connectivity index (χ4n) is 3.56. The van der Waals surface area contributed by atoms with Gasteiger partial charge in [-0.05, 0) is 17.7 Å². The number of amides is 1. The fraction of sp³-hybridized carbons (Fsp3) is 0.150. The molecular weight excluding hydrogens is 412 g/mol. The molecule has 2 aromatic carbocycles. The summed E-state index contributed by atoms with van der Waals surface area (Å²) in [6.07, 6.45) is 0. The smallest absolute Gasteiger partial charge is 0.302 e. The van der Waals surface area contributed by atoms with E-state index in [9.17, 15) is 13.2 Å². The molecule has 3 aromatic rings. The number of nitrogens with one attached hydrogen (secondary N) is 1. The van der Waals surface area contributed by atoms with Gasteiger partial charge in [-0.1, -0.05) is 60.1 Å². The topological polar surface area (TPSA) is 97.4 Å². The molecule has 150 valence electrons. The normalized spacial score (nSPS) is 14.4. The van der Waals surface area contributed by atoms with E-state index in [-0.39, 0.29) is 23.7 Å². The van der Waals surface area contributed by atoms with E-state index in [1.807, 2.05) is 34.9 Å². The number of benzene rings is 2. The number of rotatable bonds is 5. The third-order valence-corrected chi connectivity index (χ3v) is 6.72. The van der Waals surface area contributed by atoms with E-state index >= 15 is 0 Å². The lowest BCUT2D eigenvalue weighted by molar-refractivity contribution is 0.0998. The van der Waals surface area contributed by atoms with Gasteiger partial charge in [0.2, 0.25) is 0 Å². The number of fused-ring (bicyclic) bond motifs is 1. The largest absolute Gasteiger partial charge is 0.365 e. The van der Waals surface area contributed by atoms with E-state index in [1.54, 1.807) is 30.3 Å². The van der Waals surface area contributed by atoms with Crippen molar-refractivity contribution in [2.75, 3.05) is 11.3 Å². The third kappa shape index (κ3) is 3.62. The predicted octanol–water partition coefficient (Wildman–Crippen LogP) is 3.08. The minimum Gasteiger partial charge on any atom is -0.365 e. The van der Waals surface area contributed by atoms with Gasteiger partial charge >= 0.3 is 10.2 Å². The van der Waals surface area contributed by atoms with Crippen LogP contribution < -0.4 is 10.5 Å². The van der Waals surface area contributed by atoms with E-state index in [2.05, 4.69) is 4.72 Å². The second-order valence-electron chi connectivity index (χ2n) is 6.67. The van der Waals surface area contributed by atoms with Crippen LogP contribution in [0.4, 0.5) is 5.69 Å². The summed E-state index contributed by atoms with van der Waals surface area (Å²) in [5.41, 5.74) is 8.21. The Labute approximate surface area is 173 Å². The van der Waals surface area contributed by atoms with Crippen molar-refractivity contribution in [1.82, 2.24) is 8.87 Å². The zero-order chi connectivity index (χ0) is 20.6. The lowest BCUT2D eigenvalue weighted by Gasteiger charge is -2.29. The SMILES string of the molecule is NC(=O)c1c(Cl)c(-c2ccccc2)n2c1CN(S(=O)(=O)Nc1ccccc1)CC2. The predicted molar refractivity (Wildman–Crippen MR) is 113 cm³/mol. The summed E-state index contributed by atoms with van der Waals surface area (Å²) in [5.74, 6) is -0.684. The number of aromatic nitrogens is 1. The Hall–Kier alpha value is -2.81. The van der Waals surface area contributed by atoms with Crippen LogP contribution in [0.15, 0.2) is 60.7 Å². The summed E-state index contributed by atoms with van der Waals surface area (Å²) in [6, 6.07) is 18.0. The lowest BCUT2D eigenvalue weighted by atomic mass is 10.1. The molecule has 7 nitrogen and oxygen atoms in total. The number of primary amides is 1. The van der Waals surface area contributed by atoms with E-state index in [1.165, 1.54) is 4.31 Å². The molecule has 1 aromatic heterocycles. The average Bonchev–Trinajstić information content (AvgIpc) is 3.00. The Bertz CT molecular complexity index is 1160. The molecule has 0 fully saturated rings. The molecule has 9 heteroatoms. The highest BCUT2D eigenvalue weighted by Gasteiger charge is 2.34. The van der Waals surface area contributed by atoms with Crippen molar-refractivity contribution in [2.45, 2.75) is 13.1 Å². The van der Waals surface area contributed by atoms with E-state index in [0.29, 0.717) is 23.6 Å². The highest BCUT2D eigenvalue weighted by atomic mass is 35.5. The van der Waals surface area contributed by atoms with Crippen LogP contribution >= 0.6 is 11.6 Å². The summed E-state index contributed by atoms with van der Waals surface area (Å²) >= 11 is 6.54. The second-order valence-corrected chi connectivity index (χ2v) is 8.72. The number of carbonyl (C=O) groups excluding carboxylic acids is 1. The molecular formula is C20H19ClN4O3S. The van der Waals surface area contributed by atoms with Gasteiger partial charge in [-0.15, -0.1) is 0 Å². The molecule has 0 aliphatic carbocycles. The summed E-state index contributed by atoms with van der Waals surface area (Å²) in [6.45, 7) is 0.577. The van der Waals surface area contributed by atoms with Crippen molar-refractivity contribution in [1.29, 1.82) is 0 Å². The molecule has 0 unspecified atom stereocenters. The first kappa shape index (κ1) is 19.5. The van der Waals surface area contributed by atoms with Gasteiger partial charge in [0.15, 0.2) is 0 Å². The maximum Gasteiger partial charge on any atom is 0.302 e. The lowest BCUT2D eigenvalue weighted by Crippen LogP contribution is -2.42. The summed E-state index contributed by atoms with van der Waals surface area (Å²) in [5, 5.41) is 0.244. The number of hydrogen-bond donors (Lipinski definition) is 2. The van der Waals surface area contributed by atoms with Crippen LogP contribution in [-0.2, 0) is 23.3 Å². The monoisotopic (exact) mass is 430 g/mol. The van der Waals surface area contributed by atoms with Crippen LogP contribution in [0.3, 0.4) is 0 Å². The van der Waals surface area contributed by atoms with Gasteiger partial charge in [-0.3, -0.25) is 9.52 Å². The molecule has 1 aliphatic heterocycles. The minimum atomic E-state index is -3.81. The summed E-state index contributed by atoms with van der Waals surface area (Å²) < 4.78 is 31.5. The number of para-hydroxylation sites is 1. The van der Waals surface area contributed by atoms with Gasteiger partial charge in [0.05, 0.1) is 22.8 Å².